The second kappa shape index (κ2) is 13.2. The fourth-order valence-corrected chi connectivity index (χ4v) is 5.85. The molecule has 0 radical (unpaired) electrons. The van der Waals surface area contributed by atoms with Gasteiger partial charge in [0.05, 0.1) is 32.8 Å². The van der Waals surface area contributed by atoms with Crippen molar-refractivity contribution in [2.75, 3.05) is 26.9 Å². The monoisotopic (exact) mass is 544 g/mol. The molecule has 0 N–H and O–H groups in total. The molecule has 6 nitrogen and oxygen atoms in total. The van der Waals surface area contributed by atoms with Gasteiger partial charge in [0, 0.05) is 17.5 Å². The molecule has 1 aliphatic carbocycles. The van der Waals surface area contributed by atoms with E-state index in [9.17, 15) is 4.79 Å². The molecule has 1 heterocycles. The molecule has 3 aromatic rings. The van der Waals surface area contributed by atoms with Crippen molar-refractivity contribution < 1.29 is 28.5 Å². The van der Waals surface area contributed by atoms with E-state index in [1.165, 1.54) is 55.9 Å². The van der Waals surface area contributed by atoms with Crippen LogP contribution in [0.5, 0.6) is 17.2 Å². The van der Waals surface area contributed by atoms with Crippen molar-refractivity contribution in [3.05, 3.63) is 76.9 Å². The van der Waals surface area contributed by atoms with Crippen LogP contribution in [0.1, 0.15) is 66.7 Å². The molecule has 40 heavy (non-hydrogen) atoms. The van der Waals surface area contributed by atoms with Gasteiger partial charge in [-0.25, -0.2) is 0 Å². The van der Waals surface area contributed by atoms with Gasteiger partial charge in [-0.05, 0) is 78.8 Å². The zero-order valence-corrected chi connectivity index (χ0v) is 23.9. The normalized spacial score (nSPS) is 16.7. The van der Waals surface area contributed by atoms with Crippen molar-refractivity contribution in [1.82, 2.24) is 0 Å². The summed E-state index contributed by atoms with van der Waals surface area (Å²) in [5.74, 6) is 2.19. The predicted octanol–water partition coefficient (Wildman–Crippen LogP) is 7.32. The summed E-state index contributed by atoms with van der Waals surface area (Å²) in [6.07, 6.45) is 6.97. The average Bonchev–Trinajstić information content (AvgIpc) is 3.36. The molecule has 1 atom stereocenters. The molecule has 212 valence electrons. The zero-order valence-electron chi connectivity index (χ0n) is 23.9. The van der Waals surface area contributed by atoms with Gasteiger partial charge in [0.25, 0.3) is 0 Å². The number of hydrogen-bond donors (Lipinski definition) is 0. The Morgan fingerprint density at radius 2 is 1.70 bits per heavy atom. The maximum atomic E-state index is 11.7. The van der Waals surface area contributed by atoms with Gasteiger partial charge >= 0.3 is 5.97 Å². The number of hydrogen-bond acceptors (Lipinski definition) is 6. The van der Waals surface area contributed by atoms with Crippen LogP contribution in [-0.4, -0.2) is 39.0 Å². The van der Waals surface area contributed by atoms with Gasteiger partial charge in [-0.3, -0.25) is 4.79 Å². The first-order chi connectivity index (χ1) is 19.5. The molecular formula is C34H40O6. The number of benzene rings is 3. The number of ether oxygens (including phenoxy) is 5. The number of esters is 1. The van der Waals surface area contributed by atoms with Crippen LogP contribution >= 0.6 is 0 Å². The minimum absolute atomic E-state index is 0.0198. The summed E-state index contributed by atoms with van der Waals surface area (Å²) in [5.41, 5.74) is 6.84. The van der Waals surface area contributed by atoms with Crippen LogP contribution < -0.4 is 14.2 Å². The molecule has 0 unspecified atom stereocenters. The average molecular weight is 545 g/mol. The van der Waals surface area contributed by atoms with Crippen molar-refractivity contribution in [2.24, 2.45) is 0 Å². The lowest BCUT2D eigenvalue weighted by atomic mass is 9.94. The fourth-order valence-electron chi connectivity index (χ4n) is 5.85. The molecule has 0 amide bonds. The van der Waals surface area contributed by atoms with E-state index in [4.69, 9.17) is 23.7 Å². The SMILES string of the molecule is COC(=O)C[C@@H]1COc2cc(OCc3cccc(-c4c(C)cc(OCCOC5CCCCC5)cc4C)c3)ccc21. The van der Waals surface area contributed by atoms with Crippen LogP contribution in [0, 0.1) is 13.8 Å². The van der Waals surface area contributed by atoms with Gasteiger partial charge in [-0.2, -0.15) is 0 Å². The molecule has 0 spiro atoms. The first kappa shape index (κ1) is 28.0. The lowest BCUT2D eigenvalue weighted by Gasteiger charge is -2.22. The Bertz CT molecular complexity index is 1290. The Balaban J connectivity index is 1.18. The van der Waals surface area contributed by atoms with Crippen LogP contribution in [0.15, 0.2) is 54.6 Å². The molecule has 0 bridgehead atoms. The first-order valence-electron chi connectivity index (χ1n) is 14.4. The second-order valence-corrected chi connectivity index (χ2v) is 10.9. The maximum absolute atomic E-state index is 11.7. The van der Waals surface area contributed by atoms with Gasteiger partial charge in [0.1, 0.15) is 30.5 Å². The summed E-state index contributed by atoms with van der Waals surface area (Å²) in [7, 11) is 1.41. The summed E-state index contributed by atoms with van der Waals surface area (Å²) in [5, 5.41) is 0. The quantitative estimate of drug-likeness (QED) is 0.186. The predicted molar refractivity (Wildman–Crippen MR) is 155 cm³/mol. The van der Waals surface area contributed by atoms with Gasteiger partial charge in [0.15, 0.2) is 0 Å². The van der Waals surface area contributed by atoms with E-state index in [1.807, 2.05) is 18.2 Å². The van der Waals surface area contributed by atoms with Crippen LogP contribution in [-0.2, 0) is 20.9 Å². The highest BCUT2D eigenvalue weighted by molar-refractivity contribution is 5.72. The zero-order chi connectivity index (χ0) is 27.9. The summed E-state index contributed by atoms with van der Waals surface area (Å²) in [6.45, 7) is 6.40. The molecule has 1 aliphatic heterocycles. The molecule has 3 aromatic carbocycles. The highest BCUT2D eigenvalue weighted by atomic mass is 16.5. The highest BCUT2D eigenvalue weighted by Crippen LogP contribution is 2.39. The highest BCUT2D eigenvalue weighted by Gasteiger charge is 2.27. The number of aryl methyl sites for hydroxylation is 2. The lowest BCUT2D eigenvalue weighted by molar-refractivity contribution is -0.141. The molecule has 2 aliphatic rings. The summed E-state index contributed by atoms with van der Waals surface area (Å²) in [6, 6.07) is 18.5. The van der Waals surface area contributed by atoms with Crippen LogP contribution in [0.4, 0.5) is 0 Å². The Morgan fingerprint density at radius 1 is 0.900 bits per heavy atom. The molecule has 1 saturated carbocycles. The van der Waals surface area contributed by atoms with Gasteiger partial charge in [0.2, 0.25) is 0 Å². The Morgan fingerprint density at radius 3 is 2.48 bits per heavy atom. The number of fused-ring (bicyclic) bond motifs is 1. The number of carbonyl (C=O) groups excluding carboxylic acids is 1. The number of carbonyl (C=O) groups is 1. The van der Waals surface area contributed by atoms with E-state index >= 15 is 0 Å². The van der Waals surface area contributed by atoms with E-state index in [1.54, 1.807) is 0 Å². The van der Waals surface area contributed by atoms with E-state index < -0.39 is 0 Å². The third-order valence-electron chi connectivity index (χ3n) is 7.89. The van der Waals surface area contributed by atoms with Crippen LogP contribution in [0.25, 0.3) is 11.1 Å². The van der Waals surface area contributed by atoms with Crippen LogP contribution in [0.3, 0.4) is 0 Å². The number of rotatable bonds is 11. The molecule has 1 fully saturated rings. The minimum atomic E-state index is -0.228. The van der Waals surface area contributed by atoms with Gasteiger partial charge in [-0.15, -0.1) is 0 Å². The van der Waals surface area contributed by atoms with E-state index in [0.717, 1.165) is 33.9 Å². The van der Waals surface area contributed by atoms with E-state index in [0.29, 0.717) is 39.0 Å². The number of methoxy groups -OCH3 is 1. The molecule has 0 aromatic heterocycles. The van der Waals surface area contributed by atoms with Crippen LogP contribution in [0.2, 0.25) is 0 Å². The Hall–Kier alpha value is -3.51. The van der Waals surface area contributed by atoms with E-state index in [-0.39, 0.29) is 11.9 Å². The van der Waals surface area contributed by atoms with E-state index in [2.05, 4.69) is 50.2 Å². The van der Waals surface area contributed by atoms with Crippen molar-refractivity contribution in [3.63, 3.8) is 0 Å². The van der Waals surface area contributed by atoms with Crippen molar-refractivity contribution >= 4 is 5.97 Å². The van der Waals surface area contributed by atoms with Gasteiger partial charge < -0.3 is 23.7 Å². The topological polar surface area (TPSA) is 63.2 Å². The minimum Gasteiger partial charge on any atom is -0.492 e. The van der Waals surface area contributed by atoms with Crippen molar-refractivity contribution in [3.8, 4) is 28.4 Å². The third kappa shape index (κ3) is 6.97. The molecule has 6 heteroatoms. The standard InChI is InChI=1S/C34H40O6/c1-23-16-30(38-15-14-37-28-10-5-4-6-11-28)17-24(2)34(23)26-9-7-8-25(18-26)21-39-29-12-13-31-27(19-33(35)36-3)22-40-32(31)20-29/h7-9,12-13,16-18,20,27-28H,4-6,10-11,14-15,19,21-22H2,1-3H3/t27-/m1/s1. The van der Waals surface area contributed by atoms with Gasteiger partial charge in [-0.1, -0.05) is 43.5 Å². The molecule has 5 rings (SSSR count). The molecule has 0 saturated heterocycles. The third-order valence-corrected chi connectivity index (χ3v) is 7.89. The maximum Gasteiger partial charge on any atom is 0.306 e. The lowest BCUT2D eigenvalue weighted by Crippen LogP contribution is -2.19. The smallest absolute Gasteiger partial charge is 0.306 e. The Kier molecular flexibility index (Phi) is 9.27. The summed E-state index contributed by atoms with van der Waals surface area (Å²) in [4.78, 5) is 11.7. The van der Waals surface area contributed by atoms with Crippen molar-refractivity contribution in [1.29, 1.82) is 0 Å². The second-order valence-electron chi connectivity index (χ2n) is 10.9. The largest absolute Gasteiger partial charge is 0.492 e. The summed E-state index contributed by atoms with van der Waals surface area (Å²) >= 11 is 0. The van der Waals surface area contributed by atoms with Crippen molar-refractivity contribution in [2.45, 2.75) is 71.0 Å². The summed E-state index contributed by atoms with van der Waals surface area (Å²) < 4.78 is 28.8. The fraction of sp³-hybridized carbons (Fsp3) is 0.441. The molecular weight excluding hydrogens is 504 g/mol. The first-order valence-corrected chi connectivity index (χ1v) is 14.4. The Labute approximate surface area is 237 Å².